The van der Waals surface area contributed by atoms with Crippen molar-refractivity contribution in [3.05, 3.63) is 12.2 Å². The van der Waals surface area contributed by atoms with Crippen LogP contribution in [0.5, 0.6) is 5.88 Å². The van der Waals surface area contributed by atoms with E-state index in [2.05, 4.69) is 19.5 Å². The molecule has 21 heavy (non-hydrogen) atoms. The van der Waals surface area contributed by atoms with Gasteiger partial charge in [0.25, 0.3) is 0 Å². The molecule has 2 aromatic heterocycles. The minimum atomic E-state index is -0.690. The van der Waals surface area contributed by atoms with Gasteiger partial charge in [0.2, 0.25) is 5.88 Å². The van der Waals surface area contributed by atoms with Crippen molar-refractivity contribution < 1.29 is 8.95 Å². The van der Waals surface area contributed by atoms with Crippen molar-refractivity contribution in [3.8, 4) is 5.88 Å². The second-order valence-corrected chi connectivity index (χ2v) is 7.05. The summed E-state index contributed by atoms with van der Waals surface area (Å²) >= 11 is 5.90. The van der Waals surface area contributed by atoms with Crippen LogP contribution in [-0.4, -0.2) is 48.2 Å². The number of methoxy groups -OCH3 is 1. The molecule has 0 atom stereocenters. The molecule has 0 amide bonds. The van der Waals surface area contributed by atoms with E-state index in [4.69, 9.17) is 16.3 Å². The second kappa shape index (κ2) is 6.27. The van der Waals surface area contributed by atoms with E-state index in [-0.39, 0.29) is 6.04 Å². The summed E-state index contributed by atoms with van der Waals surface area (Å²) in [6.45, 7) is 0. The summed E-state index contributed by atoms with van der Waals surface area (Å²) in [6.07, 6.45) is 3.91. The number of fused-ring (bicyclic) bond motifs is 1. The van der Waals surface area contributed by atoms with Crippen LogP contribution in [0, 0.1) is 0 Å². The van der Waals surface area contributed by atoms with Gasteiger partial charge in [-0.05, 0) is 12.8 Å². The molecule has 0 radical (unpaired) electrons. The number of nitrogens with zero attached hydrogens (tertiary/aromatic N) is 4. The van der Waals surface area contributed by atoms with Gasteiger partial charge in [0.05, 0.1) is 7.11 Å². The average Bonchev–Trinajstić information content (AvgIpc) is 2.86. The third kappa shape index (κ3) is 2.76. The van der Waals surface area contributed by atoms with Gasteiger partial charge in [0.1, 0.15) is 12.2 Å². The molecule has 0 unspecified atom stereocenters. The predicted octanol–water partition coefficient (Wildman–Crippen LogP) is 1.70. The molecule has 6 nitrogen and oxygen atoms in total. The van der Waals surface area contributed by atoms with Crippen LogP contribution in [-0.2, 0) is 17.2 Å². The highest BCUT2D eigenvalue weighted by molar-refractivity contribution is 7.85. The molecular weight excluding hydrogens is 312 g/mol. The van der Waals surface area contributed by atoms with E-state index in [1.54, 1.807) is 7.11 Å². The van der Waals surface area contributed by atoms with Crippen LogP contribution in [0.2, 0.25) is 0 Å². The first-order valence-corrected chi connectivity index (χ1v) is 8.93. The molecular formula is C13H17ClN4O2S. The molecule has 0 aliphatic carbocycles. The normalized spacial score (nSPS) is 22.6. The topological polar surface area (TPSA) is 69.9 Å². The highest BCUT2D eigenvalue weighted by Gasteiger charge is 2.25. The van der Waals surface area contributed by atoms with Crippen molar-refractivity contribution in [2.45, 2.75) is 25.3 Å². The van der Waals surface area contributed by atoms with E-state index in [0.29, 0.717) is 23.7 Å². The third-order valence-electron chi connectivity index (χ3n) is 3.75. The van der Waals surface area contributed by atoms with Crippen molar-refractivity contribution in [1.29, 1.82) is 0 Å². The molecule has 0 N–H and O–H groups in total. The van der Waals surface area contributed by atoms with Gasteiger partial charge in [0.15, 0.2) is 11.2 Å². The summed E-state index contributed by atoms with van der Waals surface area (Å²) in [6, 6.07) is 0.269. The maximum Gasteiger partial charge on any atom is 0.245 e. The number of hydrogen-bond acceptors (Lipinski definition) is 5. The number of rotatable bonds is 4. The first-order chi connectivity index (χ1) is 10.2. The Morgan fingerprint density at radius 2 is 2.19 bits per heavy atom. The Hall–Kier alpha value is -1.21. The van der Waals surface area contributed by atoms with Crippen molar-refractivity contribution in [2.75, 3.05) is 24.5 Å². The number of hydrogen-bond donors (Lipinski definition) is 0. The highest BCUT2D eigenvalue weighted by Crippen LogP contribution is 2.30. The minimum absolute atomic E-state index is 0.269. The maximum atomic E-state index is 11.6. The van der Waals surface area contributed by atoms with E-state index in [9.17, 15) is 4.21 Å². The van der Waals surface area contributed by atoms with Crippen LogP contribution in [0.1, 0.15) is 24.7 Å². The molecule has 0 bridgehead atoms. The number of aryl methyl sites for hydroxylation is 1. The zero-order chi connectivity index (χ0) is 14.8. The summed E-state index contributed by atoms with van der Waals surface area (Å²) in [4.78, 5) is 13.1. The molecule has 2 aromatic rings. The number of halogens is 1. The number of aromatic nitrogens is 4. The molecule has 1 saturated heterocycles. The quantitative estimate of drug-likeness (QED) is 0.799. The van der Waals surface area contributed by atoms with E-state index >= 15 is 0 Å². The van der Waals surface area contributed by atoms with Gasteiger partial charge in [-0.15, -0.1) is 11.6 Å². The lowest BCUT2D eigenvalue weighted by molar-refractivity contribution is 0.401. The smallest absolute Gasteiger partial charge is 0.245 e. The SMILES string of the molecule is COc1ncnc2c1nc(CCCl)n2C1CCS(=O)CC1. The van der Waals surface area contributed by atoms with Gasteiger partial charge in [0, 0.05) is 40.6 Å². The molecule has 1 fully saturated rings. The number of ether oxygens (including phenoxy) is 1. The van der Waals surface area contributed by atoms with Crippen LogP contribution < -0.4 is 4.74 Å². The Labute approximate surface area is 130 Å². The minimum Gasteiger partial charge on any atom is -0.479 e. The van der Waals surface area contributed by atoms with Crippen LogP contribution in [0.4, 0.5) is 0 Å². The van der Waals surface area contributed by atoms with Crippen molar-refractivity contribution in [2.24, 2.45) is 0 Å². The lowest BCUT2D eigenvalue weighted by Crippen LogP contribution is -2.23. The lowest BCUT2D eigenvalue weighted by atomic mass is 10.1. The van der Waals surface area contributed by atoms with Crippen LogP contribution in [0.3, 0.4) is 0 Å². The summed E-state index contributed by atoms with van der Waals surface area (Å²) in [5.74, 6) is 3.34. The first-order valence-electron chi connectivity index (χ1n) is 6.91. The average molecular weight is 329 g/mol. The fourth-order valence-corrected chi connectivity index (χ4v) is 4.21. The number of imidazole rings is 1. The van der Waals surface area contributed by atoms with Gasteiger partial charge in [-0.25, -0.2) is 9.97 Å². The maximum absolute atomic E-state index is 11.6. The third-order valence-corrected chi connectivity index (χ3v) is 5.32. The molecule has 1 aliphatic heterocycles. The van der Waals surface area contributed by atoms with Crippen LogP contribution in [0.25, 0.3) is 11.2 Å². The van der Waals surface area contributed by atoms with Gasteiger partial charge in [-0.1, -0.05) is 0 Å². The van der Waals surface area contributed by atoms with E-state index in [1.165, 1.54) is 6.33 Å². The van der Waals surface area contributed by atoms with Gasteiger partial charge >= 0.3 is 0 Å². The monoisotopic (exact) mass is 328 g/mol. The highest BCUT2D eigenvalue weighted by atomic mass is 35.5. The van der Waals surface area contributed by atoms with Crippen LogP contribution in [0.15, 0.2) is 6.33 Å². The summed E-state index contributed by atoms with van der Waals surface area (Å²) in [5, 5.41) is 0. The Morgan fingerprint density at radius 1 is 1.43 bits per heavy atom. The standard InChI is InChI=1S/C13H17ClN4O2S/c1-20-13-11-12(15-8-16-13)18(10(17-11)2-5-14)9-3-6-21(19)7-4-9/h8-9H,2-7H2,1H3. The molecule has 114 valence electrons. The van der Waals surface area contributed by atoms with Crippen molar-refractivity contribution >= 4 is 33.6 Å². The van der Waals surface area contributed by atoms with Gasteiger partial charge in [-0.3, -0.25) is 4.21 Å². The first kappa shape index (κ1) is 14.7. The zero-order valence-electron chi connectivity index (χ0n) is 11.8. The Kier molecular flexibility index (Phi) is 4.40. The Balaban J connectivity index is 2.10. The zero-order valence-corrected chi connectivity index (χ0v) is 13.4. The van der Waals surface area contributed by atoms with E-state index < -0.39 is 10.8 Å². The molecule has 8 heteroatoms. The molecule has 0 spiro atoms. The molecule has 3 rings (SSSR count). The van der Waals surface area contributed by atoms with E-state index in [0.717, 1.165) is 35.8 Å². The summed E-state index contributed by atoms with van der Waals surface area (Å²) in [5.41, 5.74) is 1.45. The van der Waals surface area contributed by atoms with Crippen LogP contribution >= 0.6 is 11.6 Å². The molecule has 1 aliphatic rings. The second-order valence-electron chi connectivity index (χ2n) is 4.97. The number of alkyl halides is 1. The fourth-order valence-electron chi connectivity index (χ4n) is 2.77. The van der Waals surface area contributed by atoms with E-state index in [1.807, 2.05) is 0 Å². The molecule has 0 saturated carbocycles. The van der Waals surface area contributed by atoms with Gasteiger partial charge < -0.3 is 9.30 Å². The Morgan fingerprint density at radius 3 is 2.86 bits per heavy atom. The van der Waals surface area contributed by atoms with Crippen molar-refractivity contribution in [3.63, 3.8) is 0 Å². The largest absolute Gasteiger partial charge is 0.479 e. The van der Waals surface area contributed by atoms with Gasteiger partial charge in [-0.2, -0.15) is 4.98 Å². The lowest BCUT2D eigenvalue weighted by Gasteiger charge is -2.24. The summed E-state index contributed by atoms with van der Waals surface area (Å²) in [7, 11) is 0.885. The summed E-state index contributed by atoms with van der Waals surface area (Å²) < 4.78 is 19.0. The molecule has 3 heterocycles. The Bertz CT molecular complexity index is 665. The molecule has 0 aromatic carbocycles. The fraction of sp³-hybridized carbons (Fsp3) is 0.615. The predicted molar refractivity (Wildman–Crippen MR) is 82.4 cm³/mol. The van der Waals surface area contributed by atoms with Crippen molar-refractivity contribution in [1.82, 2.24) is 19.5 Å².